The molecular formula is C20H21ClN4O. The third kappa shape index (κ3) is 3.74. The monoisotopic (exact) mass is 368 g/mol. The highest BCUT2D eigenvalue weighted by Gasteiger charge is 2.11. The van der Waals surface area contributed by atoms with Crippen molar-refractivity contribution < 1.29 is 0 Å². The summed E-state index contributed by atoms with van der Waals surface area (Å²) in [5.74, 6) is 0. The first-order valence-electron chi connectivity index (χ1n) is 8.91. The molecular weight excluding hydrogens is 348 g/mol. The predicted molar refractivity (Wildman–Crippen MR) is 106 cm³/mol. The number of anilines is 1. The molecule has 2 aromatic carbocycles. The highest BCUT2D eigenvalue weighted by Crippen LogP contribution is 2.22. The minimum atomic E-state index is -0.231. The average molecular weight is 369 g/mol. The van der Waals surface area contributed by atoms with Crippen LogP contribution in [0.25, 0.3) is 10.8 Å². The molecule has 134 valence electrons. The van der Waals surface area contributed by atoms with E-state index in [4.69, 9.17) is 11.6 Å². The number of benzene rings is 2. The molecule has 26 heavy (non-hydrogen) atoms. The Labute approximate surface area is 157 Å². The minimum absolute atomic E-state index is 0.231. The van der Waals surface area contributed by atoms with Crippen LogP contribution in [0.3, 0.4) is 0 Å². The van der Waals surface area contributed by atoms with E-state index in [1.807, 2.05) is 12.1 Å². The number of aromatic nitrogens is 2. The van der Waals surface area contributed by atoms with Crippen LogP contribution in [0.4, 0.5) is 5.69 Å². The van der Waals surface area contributed by atoms with Crippen molar-refractivity contribution in [2.24, 2.45) is 0 Å². The Balaban J connectivity index is 1.47. The molecule has 0 spiro atoms. The first-order chi connectivity index (χ1) is 12.7. The van der Waals surface area contributed by atoms with Gasteiger partial charge in [-0.2, -0.15) is 5.10 Å². The van der Waals surface area contributed by atoms with Crippen molar-refractivity contribution in [3.05, 3.63) is 69.1 Å². The molecule has 0 radical (unpaired) electrons. The molecule has 0 saturated carbocycles. The summed E-state index contributed by atoms with van der Waals surface area (Å²) in [6.45, 7) is 4.14. The largest absolute Gasteiger partial charge is 0.381 e. The molecule has 1 aromatic heterocycles. The Bertz CT molecular complexity index is 979. The fraction of sp³-hybridized carbons (Fsp3) is 0.300. The van der Waals surface area contributed by atoms with E-state index in [1.54, 1.807) is 6.07 Å². The zero-order valence-corrected chi connectivity index (χ0v) is 15.2. The van der Waals surface area contributed by atoms with E-state index < -0.39 is 0 Å². The van der Waals surface area contributed by atoms with E-state index in [1.165, 1.54) is 37.1 Å². The minimum Gasteiger partial charge on any atom is -0.381 e. The zero-order chi connectivity index (χ0) is 17.9. The molecule has 5 nitrogen and oxygen atoms in total. The number of nitrogens with zero attached hydrogens (tertiary/aromatic N) is 2. The zero-order valence-electron chi connectivity index (χ0n) is 14.5. The van der Waals surface area contributed by atoms with Gasteiger partial charge in [0, 0.05) is 24.2 Å². The van der Waals surface area contributed by atoms with Gasteiger partial charge in [-0.3, -0.25) is 9.69 Å². The maximum absolute atomic E-state index is 11.8. The van der Waals surface area contributed by atoms with Crippen LogP contribution in [-0.4, -0.2) is 28.2 Å². The van der Waals surface area contributed by atoms with Crippen molar-refractivity contribution in [1.82, 2.24) is 15.1 Å². The van der Waals surface area contributed by atoms with E-state index in [9.17, 15) is 4.79 Å². The molecule has 2 N–H and O–H groups in total. The number of hydrogen-bond acceptors (Lipinski definition) is 4. The van der Waals surface area contributed by atoms with Crippen LogP contribution in [-0.2, 0) is 13.1 Å². The number of aromatic amines is 1. The average Bonchev–Trinajstić information content (AvgIpc) is 3.16. The van der Waals surface area contributed by atoms with Crippen LogP contribution in [0.15, 0.2) is 47.3 Å². The maximum Gasteiger partial charge on any atom is 0.272 e. The Morgan fingerprint density at radius 3 is 2.73 bits per heavy atom. The number of likely N-dealkylation sites (tertiary alicyclic amines) is 1. The summed E-state index contributed by atoms with van der Waals surface area (Å²) >= 11 is 6.11. The number of fused-ring (bicyclic) bond motifs is 1. The molecule has 2 heterocycles. The van der Waals surface area contributed by atoms with Crippen LogP contribution in [0.1, 0.15) is 24.0 Å². The first-order valence-corrected chi connectivity index (χ1v) is 9.29. The number of hydrogen-bond donors (Lipinski definition) is 2. The fourth-order valence-electron chi connectivity index (χ4n) is 3.48. The van der Waals surface area contributed by atoms with E-state index in [0.717, 1.165) is 12.2 Å². The van der Waals surface area contributed by atoms with Crippen LogP contribution >= 0.6 is 11.6 Å². The van der Waals surface area contributed by atoms with Gasteiger partial charge in [-0.05, 0) is 55.3 Å². The van der Waals surface area contributed by atoms with E-state index >= 15 is 0 Å². The lowest BCUT2D eigenvalue weighted by atomic mass is 10.1. The summed E-state index contributed by atoms with van der Waals surface area (Å²) in [5.41, 5.74) is 3.27. The molecule has 1 aliphatic rings. The lowest BCUT2D eigenvalue weighted by Crippen LogP contribution is -2.18. The predicted octanol–water partition coefficient (Wildman–Crippen LogP) is 3.78. The SMILES string of the molecule is O=c1[nH]nc(Cl)c2cc(NCc3cccc(CN4CCCC4)c3)ccc12. The first kappa shape index (κ1) is 17.1. The molecule has 1 aliphatic heterocycles. The summed E-state index contributed by atoms with van der Waals surface area (Å²) in [7, 11) is 0. The molecule has 0 atom stereocenters. The van der Waals surface area contributed by atoms with Crippen molar-refractivity contribution in [1.29, 1.82) is 0 Å². The van der Waals surface area contributed by atoms with Gasteiger partial charge in [-0.25, -0.2) is 5.10 Å². The van der Waals surface area contributed by atoms with Gasteiger partial charge in [0.2, 0.25) is 0 Å². The van der Waals surface area contributed by atoms with Crippen molar-refractivity contribution in [3.8, 4) is 0 Å². The molecule has 3 aromatic rings. The highest BCUT2D eigenvalue weighted by atomic mass is 35.5. The van der Waals surface area contributed by atoms with Gasteiger partial charge < -0.3 is 5.32 Å². The summed E-state index contributed by atoms with van der Waals surface area (Å²) in [6, 6.07) is 14.2. The van der Waals surface area contributed by atoms with E-state index in [0.29, 0.717) is 22.5 Å². The van der Waals surface area contributed by atoms with Crippen LogP contribution in [0, 0.1) is 0 Å². The van der Waals surface area contributed by atoms with Gasteiger partial charge in [-0.15, -0.1) is 0 Å². The second-order valence-electron chi connectivity index (χ2n) is 6.76. The van der Waals surface area contributed by atoms with Gasteiger partial charge in [0.25, 0.3) is 5.56 Å². The standard InChI is InChI=1S/C20H21ClN4O/c21-19-18-11-16(6-7-17(18)20(26)24-23-19)22-12-14-4-3-5-15(10-14)13-25-8-1-2-9-25/h3-7,10-11,22H,1-2,8-9,12-13H2,(H,24,26). The Morgan fingerprint density at radius 1 is 1.08 bits per heavy atom. The topological polar surface area (TPSA) is 61.0 Å². The van der Waals surface area contributed by atoms with Crippen LogP contribution in [0.5, 0.6) is 0 Å². The fourth-order valence-corrected chi connectivity index (χ4v) is 3.68. The lowest BCUT2D eigenvalue weighted by Gasteiger charge is -2.15. The van der Waals surface area contributed by atoms with Gasteiger partial charge in [0.05, 0.1) is 5.39 Å². The molecule has 4 rings (SSSR count). The van der Waals surface area contributed by atoms with Crippen molar-refractivity contribution in [3.63, 3.8) is 0 Å². The number of H-pyrrole nitrogens is 1. The smallest absolute Gasteiger partial charge is 0.272 e. The quantitative estimate of drug-likeness (QED) is 0.719. The van der Waals surface area contributed by atoms with Gasteiger partial charge in [0.1, 0.15) is 0 Å². The summed E-state index contributed by atoms with van der Waals surface area (Å²) in [5, 5.41) is 11.1. The molecule has 0 bridgehead atoms. The Morgan fingerprint density at radius 2 is 1.88 bits per heavy atom. The van der Waals surface area contributed by atoms with E-state index in [-0.39, 0.29) is 5.56 Å². The van der Waals surface area contributed by atoms with Crippen molar-refractivity contribution in [2.45, 2.75) is 25.9 Å². The third-order valence-corrected chi connectivity index (χ3v) is 5.12. The summed E-state index contributed by atoms with van der Waals surface area (Å²) in [6.07, 6.45) is 2.62. The summed E-state index contributed by atoms with van der Waals surface area (Å²) < 4.78 is 0. The number of halogens is 1. The number of rotatable bonds is 5. The second kappa shape index (κ2) is 7.48. The Kier molecular flexibility index (Phi) is 4.91. The number of nitrogens with one attached hydrogen (secondary N) is 2. The van der Waals surface area contributed by atoms with E-state index in [2.05, 4.69) is 44.7 Å². The molecule has 0 unspecified atom stereocenters. The molecule has 1 saturated heterocycles. The molecule has 6 heteroatoms. The van der Waals surface area contributed by atoms with Gasteiger partial charge >= 0.3 is 0 Å². The maximum atomic E-state index is 11.8. The van der Waals surface area contributed by atoms with Crippen LogP contribution < -0.4 is 10.9 Å². The van der Waals surface area contributed by atoms with Gasteiger partial charge in [-0.1, -0.05) is 35.9 Å². The lowest BCUT2D eigenvalue weighted by molar-refractivity contribution is 0.331. The van der Waals surface area contributed by atoms with Crippen molar-refractivity contribution in [2.75, 3.05) is 18.4 Å². The van der Waals surface area contributed by atoms with Gasteiger partial charge in [0.15, 0.2) is 5.15 Å². The Hall–Kier alpha value is -2.37. The van der Waals surface area contributed by atoms with Crippen molar-refractivity contribution >= 4 is 28.1 Å². The summed E-state index contributed by atoms with van der Waals surface area (Å²) in [4.78, 5) is 14.3. The second-order valence-corrected chi connectivity index (χ2v) is 7.12. The molecule has 0 aliphatic carbocycles. The highest BCUT2D eigenvalue weighted by molar-refractivity contribution is 6.34. The molecule has 1 fully saturated rings. The van der Waals surface area contributed by atoms with Crippen LogP contribution in [0.2, 0.25) is 5.15 Å². The normalized spacial score (nSPS) is 14.8. The molecule has 0 amide bonds. The third-order valence-electron chi connectivity index (χ3n) is 4.83.